The summed E-state index contributed by atoms with van der Waals surface area (Å²) in [5, 5.41) is 54.7. The molecule has 1 aliphatic heterocycles. The summed E-state index contributed by atoms with van der Waals surface area (Å²) in [6.07, 6.45) is 75.6. The summed E-state index contributed by atoms with van der Waals surface area (Å²) < 4.78 is 11.3. The van der Waals surface area contributed by atoms with Crippen molar-refractivity contribution in [3.63, 3.8) is 0 Å². The molecule has 0 aliphatic carbocycles. The lowest BCUT2D eigenvalue weighted by molar-refractivity contribution is -0.302. The molecule has 0 bridgehead atoms. The maximum absolute atomic E-state index is 13.1. The topological polar surface area (TPSA) is 149 Å². The fourth-order valence-corrected chi connectivity index (χ4v) is 11.6. The van der Waals surface area contributed by atoms with Crippen molar-refractivity contribution >= 4 is 5.91 Å². The number of amides is 1. The predicted octanol–water partition coefficient (Wildman–Crippen LogP) is 19.4. The lowest BCUT2D eigenvalue weighted by Gasteiger charge is -2.40. The van der Waals surface area contributed by atoms with E-state index in [1.54, 1.807) is 6.08 Å². The standard InChI is InChI=1S/C72H137NO8/c1-3-5-7-9-11-13-15-17-19-21-23-25-26-27-28-29-30-31-32-33-34-35-36-37-38-39-40-42-44-46-48-50-52-54-56-58-60-62-68(76)73-65(64-80-72-71(79)70(78)69(77)67(63-74)81-72)66(75)61-59-57-55-53-51-49-47-45-43-41-24-22-20-18-16-14-12-10-8-6-4-2/h21,23,51,53,59,61,65-67,69-72,74-75,77-79H,3-20,22,24-50,52,54-58,60,62-64H2,1-2H3,(H,73,76)/b23-21-,53-51+,61-59+. The van der Waals surface area contributed by atoms with Crippen LogP contribution in [0.1, 0.15) is 361 Å². The third-order valence-electron chi connectivity index (χ3n) is 17.2. The van der Waals surface area contributed by atoms with Crippen molar-refractivity contribution in [1.29, 1.82) is 0 Å². The van der Waals surface area contributed by atoms with Gasteiger partial charge in [-0.1, -0.05) is 333 Å². The highest BCUT2D eigenvalue weighted by atomic mass is 16.7. The van der Waals surface area contributed by atoms with Crippen LogP contribution in [0.25, 0.3) is 0 Å². The fraction of sp³-hybridized carbons (Fsp3) is 0.903. The van der Waals surface area contributed by atoms with Crippen molar-refractivity contribution in [2.24, 2.45) is 0 Å². The van der Waals surface area contributed by atoms with Crippen LogP contribution in [0, 0.1) is 0 Å². The van der Waals surface area contributed by atoms with Gasteiger partial charge in [-0.25, -0.2) is 0 Å². The van der Waals surface area contributed by atoms with Gasteiger partial charge in [-0.15, -0.1) is 0 Å². The second kappa shape index (κ2) is 61.5. The molecular weight excluding hydrogens is 1010 g/mol. The average molecular weight is 1140 g/mol. The molecule has 1 rings (SSSR count). The van der Waals surface area contributed by atoms with Crippen LogP contribution in [-0.2, 0) is 14.3 Å². The number of hydrogen-bond donors (Lipinski definition) is 6. The van der Waals surface area contributed by atoms with Gasteiger partial charge in [-0.05, 0) is 57.8 Å². The van der Waals surface area contributed by atoms with Gasteiger partial charge >= 0.3 is 0 Å². The fourth-order valence-electron chi connectivity index (χ4n) is 11.6. The highest BCUT2D eigenvalue weighted by molar-refractivity contribution is 5.76. The zero-order valence-electron chi connectivity index (χ0n) is 53.6. The van der Waals surface area contributed by atoms with E-state index in [0.717, 1.165) is 38.5 Å². The number of aliphatic hydroxyl groups excluding tert-OH is 5. The van der Waals surface area contributed by atoms with Crippen molar-refractivity contribution in [3.05, 3.63) is 36.5 Å². The lowest BCUT2D eigenvalue weighted by atomic mass is 9.99. The van der Waals surface area contributed by atoms with Crippen LogP contribution in [0.2, 0.25) is 0 Å². The first kappa shape index (κ1) is 77.4. The Morgan fingerprint density at radius 2 is 0.704 bits per heavy atom. The summed E-state index contributed by atoms with van der Waals surface area (Å²) in [7, 11) is 0. The van der Waals surface area contributed by atoms with Crippen molar-refractivity contribution in [2.45, 2.75) is 403 Å². The van der Waals surface area contributed by atoms with Gasteiger partial charge in [0.15, 0.2) is 6.29 Å². The van der Waals surface area contributed by atoms with Crippen LogP contribution in [-0.4, -0.2) is 87.5 Å². The minimum Gasteiger partial charge on any atom is -0.394 e. The van der Waals surface area contributed by atoms with Gasteiger partial charge in [0.25, 0.3) is 0 Å². The van der Waals surface area contributed by atoms with Gasteiger partial charge in [0, 0.05) is 6.42 Å². The molecule has 1 fully saturated rings. The smallest absolute Gasteiger partial charge is 0.220 e. The van der Waals surface area contributed by atoms with Crippen LogP contribution >= 0.6 is 0 Å². The quantitative estimate of drug-likeness (QED) is 0.0261. The SMILES string of the molecule is CCCCCCCCCC/C=C\CCCCCCCCCCCCCCCCCCCCCCCCCCCC(=O)NC(COC1OC(CO)C(O)C(O)C1O)C(O)/C=C/CC/C=C/CCCCCCCCCCCCCCCCC. The van der Waals surface area contributed by atoms with Crippen LogP contribution in [0.15, 0.2) is 36.5 Å². The molecule has 0 aromatic rings. The molecule has 6 N–H and O–H groups in total. The molecular formula is C72H137NO8. The highest BCUT2D eigenvalue weighted by Gasteiger charge is 2.44. The maximum atomic E-state index is 13.1. The first-order valence-corrected chi connectivity index (χ1v) is 35.7. The first-order chi connectivity index (χ1) is 39.8. The lowest BCUT2D eigenvalue weighted by Crippen LogP contribution is -2.60. The Balaban J connectivity index is 2.08. The van der Waals surface area contributed by atoms with Crippen LogP contribution in [0.4, 0.5) is 0 Å². The van der Waals surface area contributed by atoms with Crippen LogP contribution in [0.5, 0.6) is 0 Å². The number of rotatable bonds is 63. The van der Waals surface area contributed by atoms with E-state index in [1.807, 2.05) is 6.08 Å². The Bertz CT molecular complexity index is 1370. The number of allylic oxidation sites excluding steroid dienone is 5. The summed E-state index contributed by atoms with van der Waals surface area (Å²) in [4.78, 5) is 13.1. The van der Waals surface area contributed by atoms with Crippen molar-refractivity contribution in [3.8, 4) is 0 Å². The molecule has 1 saturated heterocycles. The third kappa shape index (κ3) is 50.3. The summed E-state index contributed by atoms with van der Waals surface area (Å²) in [5.41, 5.74) is 0. The van der Waals surface area contributed by atoms with Gasteiger partial charge in [-0.3, -0.25) is 4.79 Å². The Morgan fingerprint density at radius 3 is 1.04 bits per heavy atom. The normalized spacial score (nSPS) is 18.5. The van der Waals surface area contributed by atoms with E-state index in [9.17, 15) is 30.3 Å². The van der Waals surface area contributed by atoms with E-state index in [0.29, 0.717) is 6.42 Å². The van der Waals surface area contributed by atoms with Gasteiger partial charge in [0.2, 0.25) is 5.91 Å². The zero-order valence-corrected chi connectivity index (χ0v) is 53.6. The monoisotopic (exact) mass is 1140 g/mol. The van der Waals surface area contributed by atoms with Crippen molar-refractivity contribution in [1.82, 2.24) is 5.32 Å². The molecule has 0 saturated carbocycles. The third-order valence-corrected chi connectivity index (χ3v) is 17.2. The largest absolute Gasteiger partial charge is 0.394 e. The number of hydrogen-bond acceptors (Lipinski definition) is 8. The van der Waals surface area contributed by atoms with Crippen molar-refractivity contribution < 1.29 is 39.8 Å². The number of nitrogens with one attached hydrogen (secondary N) is 1. The van der Waals surface area contributed by atoms with E-state index in [2.05, 4.69) is 43.5 Å². The average Bonchev–Trinajstić information content (AvgIpc) is 3.49. The molecule has 81 heavy (non-hydrogen) atoms. The number of carbonyl (C=O) groups excluding carboxylic acids is 1. The number of ether oxygens (including phenoxy) is 2. The predicted molar refractivity (Wildman–Crippen MR) is 346 cm³/mol. The first-order valence-electron chi connectivity index (χ1n) is 35.7. The Morgan fingerprint density at radius 1 is 0.407 bits per heavy atom. The molecule has 7 atom stereocenters. The molecule has 9 heteroatoms. The summed E-state index contributed by atoms with van der Waals surface area (Å²) in [5.74, 6) is -0.179. The van der Waals surface area contributed by atoms with Crippen LogP contribution < -0.4 is 5.32 Å². The van der Waals surface area contributed by atoms with Gasteiger partial charge in [-0.2, -0.15) is 0 Å². The van der Waals surface area contributed by atoms with Gasteiger partial charge in [0.1, 0.15) is 24.4 Å². The molecule has 9 nitrogen and oxygen atoms in total. The Labute approximate surface area is 501 Å². The van der Waals surface area contributed by atoms with E-state index in [4.69, 9.17) is 9.47 Å². The summed E-state index contributed by atoms with van der Waals surface area (Å²) in [6, 6.07) is -0.821. The minimum atomic E-state index is -1.57. The Kier molecular flexibility index (Phi) is 58.8. The molecule has 7 unspecified atom stereocenters. The summed E-state index contributed by atoms with van der Waals surface area (Å²) >= 11 is 0. The second-order valence-corrected chi connectivity index (χ2v) is 25.0. The minimum absolute atomic E-state index is 0.179. The molecule has 0 aromatic heterocycles. The van der Waals surface area contributed by atoms with Gasteiger partial charge < -0.3 is 40.3 Å². The molecule has 1 amide bonds. The zero-order chi connectivity index (χ0) is 58.6. The molecule has 478 valence electrons. The summed E-state index contributed by atoms with van der Waals surface area (Å²) in [6.45, 7) is 3.81. The van der Waals surface area contributed by atoms with Crippen molar-refractivity contribution in [2.75, 3.05) is 13.2 Å². The number of aliphatic hydroxyl groups is 5. The van der Waals surface area contributed by atoms with Gasteiger partial charge in [0.05, 0.1) is 25.4 Å². The van der Waals surface area contributed by atoms with E-state index < -0.39 is 49.5 Å². The van der Waals surface area contributed by atoms with Crippen LogP contribution in [0.3, 0.4) is 0 Å². The van der Waals surface area contributed by atoms with E-state index >= 15 is 0 Å². The molecule has 0 spiro atoms. The highest BCUT2D eigenvalue weighted by Crippen LogP contribution is 2.23. The van der Waals surface area contributed by atoms with E-state index in [-0.39, 0.29) is 12.5 Å². The van der Waals surface area contributed by atoms with E-state index in [1.165, 1.54) is 302 Å². The molecule has 1 heterocycles. The number of unbranched alkanes of at least 4 members (excludes halogenated alkanes) is 49. The molecule has 1 aliphatic rings. The maximum Gasteiger partial charge on any atom is 0.220 e. The number of carbonyl (C=O) groups is 1. The second-order valence-electron chi connectivity index (χ2n) is 25.0. The Hall–Kier alpha value is -1.59. The molecule has 0 radical (unpaired) electrons. The molecule has 0 aromatic carbocycles.